The van der Waals surface area contributed by atoms with Crippen LogP contribution in [0.25, 0.3) is 4.85 Å². The van der Waals surface area contributed by atoms with E-state index in [0.29, 0.717) is 6.42 Å². The normalized spacial score (nSPS) is 9.40. The second-order valence-electron chi connectivity index (χ2n) is 2.41. The first-order chi connectivity index (χ1) is 4.66. The minimum Gasteiger partial charge on any atom is -0.309 e. The summed E-state index contributed by atoms with van der Waals surface area (Å²) in [6.45, 7) is 7.19. The molecule has 0 aromatic heterocycles. The molecule has 0 radical (unpaired) electrons. The maximum atomic E-state index is 10.7. The smallest absolute Gasteiger partial charge is 0.272 e. The second-order valence-corrected chi connectivity index (χ2v) is 2.41. The highest BCUT2D eigenvalue weighted by atomic mass is 16.1. The van der Waals surface area contributed by atoms with Gasteiger partial charge in [0.1, 0.15) is 0 Å². The summed E-state index contributed by atoms with van der Waals surface area (Å²) < 4.78 is 0. The number of carbonyl (C=O) groups is 1. The number of carbonyl (C=O) groups excluding carboxylic acids is 1. The summed E-state index contributed by atoms with van der Waals surface area (Å²) in [5.41, 5.74) is 0. The van der Waals surface area contributed by atoms with Crippen LogP contribution in [0.5, 0.6) is 0 Å². The molecule has 0 amide bonds. The zero-order valence-electron chi connectivity index (χ0n) is 6.42. The van der Waals surface area contributed by atoms with Gasteiger partial charge in [0.2, 0.25) is 5.78 Å². The molecule has 0 N–H and O–H groups in total. The summed E-state index contributed by atoms with van der Waals surface area (Å²) >= 11 is 0. The van der Waals surface area contributed by atoms with Crippen molar-refractivity contribution in [3.05, 3.63) is 11.4 Å². The molecule has 0 rings (SSSR count). The van der Waals surface area contributed by atoms with E-state index < -0.39 is 0 Å². The maximum Gasteiger partial charge on any atom is 0.272 e. The van der Waals surface area contributed by atoms with E-state index in [-0.39, 0.29) is 12.3 Å². The van der Waals surface area contributed by atoms with Gasteiger partial charge in [-0.1, -0.05) is 0 Å². The van der Waals surface area contributed by atoms with E-state index in [1.807, 2.05) is 19.0 Å². The predicted octanol–water partition coefficient (Wildman–Crippen LogP) is 0.426. The Hall–Kier alpha value is -0.880. The number of nitrogens with zero attached hydrogens (tertiary/aromatic N) is 2. The Balaban J connectivity index is 3.33. The zero-order chi connectivity index (χ0) is 7.98. The molecule has 3 nitrogen and oxygen atoms in total. The van der Waals surface area contributed by atoms with Gasteiger partial charge in [-0.15, -0.1) is 0 Å². The molecule has 0 aromatic rings. The molecular weight excluding hydrogens is 128 g/mol. The van der Waals surface area contributed by atoms with Crippen LogP contribution < -0.4 is 0 Å². The molecule has 0 atom stereocenters. The molecular formula is C7H12N2O. The molecule has 0 aliphatic heterocycles. The highest BCUT2D eigenvalue weighted by Gasteiger charge is 2.03. The van der Waals surface area contributed by atoms with Crippen molar-refractivity contribution in [1.29, 1.82) is 0 Å². The monoisotopic (exact) mass is 140 g/mol. The molecule has 0 heterocycles. The van der Waals surface area contributed by atoms with Gasteiger partial charge in [-0.25, -0.2) is 6.57 Å². The van der Waals surface area contributed by atoms with Crippen molar-refractivity contribution < 1.29 is 4.79 Å². The fourth-order valence-electron chi connectivity index (χ4n) is 0.516. The molecule has 0 fully saturated rings. The first kappa shape index (κ1) is 9.12. The van der Waals surface area contributed by atoms with Crippen molar-refractivity contribution in [1.82, 2.24) is 4.90 Å². The van der Waals surface area contributed by atoms with Gasteiger partial charge in [-0.3, -0.25) is 4.79 Å². The molecule has 56 valence electrons. The quantitative estimate of drug-likeness (QED) is 0.529. The van der Waals surface area contributed by atoms with Crippen LogP contribution in [0.1, 0.15) is 6.42 Å². The molecule has 0 aromatic carbocycles. The highest BCUT2D eigenvalue weighted by molar-refractivity contribution is 5.81. The first-order valence-electron chi connectivity index (χ1n) is 3.16. The van der Waals surface area contributed by atoms with Crippen LogP contribution in [0.4, 0.5) is 0 Å². The standard InChI is InChI=1S/C7H12N2O/c1-8-6-7(10)4-5-9(2)3/h4-6H2,2-3H3. The molecule has 0 unspecified atom stereocenters. The number of rotatable bonds is 4. The third-order valence-electron chi connectivity index (χ3n) is 1.09. The van der Waals surface area contributed by atoms with Crippen molar-refractivity contribution in [3.8, 4) is 0 Å². The number of ketones is 1. The molecule has 0 aliphatic rings. The van der Waals surface area contributed by atoms with Crippen molar-refractivity contribution in [2.24, 2.45) is 0 Å². The van der Waals surface area contributed by atoms with Crippen LogP contribution in [-0.2, 0) is 4.79 Å². The van der Waals surface area contributed by atoms with Gasteiger partial charge < -0.3 is 9.74 Å². The van der Waals surface area contributed by atoms with Crippen LogP contribution >= 0.6 is 0 Å². The maximum absolute atomic E-state index is 10.7. The van der Waals surface area contributed by atoms with E-state index in [1.165, 1.54) is 0 Å². The average Bonchev–Trinajstić information content (AvgIpc) is 1.85. The second kappa shape index (κ2) is 4.95. The first-order valence-corrected chi connectivity index (χ1v) is 3.16. The van der Waals surface area contributed by atoms with E-state index in [9.17, 15) is 4.79 Å². The van der Waals surface area contributed by atoms with Crippen LogP contribution in [-0.4, -0.2) is 37.9 Å². The van der Waals surface area contributed by atoms with Gasteiger partial charge in [-0.2, -0.15) is 0 Å². The summed E-state index contributed by atoms with van der Waals surface area (Å²) in [5.74, 6) is 0.0312. The Morgan fingerprint density at radius 2 is 2.20 bits per heavy atom. The van der Waals surface area contributed by atoms with E-state index >= 15 is 0 Å². The Bertz CT molecular complexity index is 146. The van der Waals surface area contributed by atoms with Gasteiger partial charge in [0.15, 0.2) is 0 Å². The molecule has 0 spiro atoms. The average molecular weight is 140 g/mol. The Morgan fingerprint density at radius 1 is 1.60 bits per heavy atom. The van der Waals surface area contributed by atoms with Gasteiger partial charge in [0.25, 0.3) is 6.54 Å². The van der Waals surface area contributed by atoms with Gasteiger partial charge in [0.05, 0.1) is 0 Å². The summed E-state index contributed by atoms with van der Waals surface area (Å²) in [6.07, 6.45) is 0.495. The fourth-order valence-corrected chi connectivity index (χ4v) is 0.516. The predicted molar refractivity (Wildman–Crippen MR) is 39.6 cm³/mol. The molecule has 0 saturated carbocycles. The SMILES string of the molecule is [C-]#[N+]CC(=O)CCN(C)C. The molecule has 0 aliphatic carbocycles. The van der Waals surface area contributed by atoms with Crippen molar-refractivity contribution in [2.75, 3.05) is 27.2 Å². The largest absolute Gasteiger partial charge is 0.309 e. The molecule has 0 saturated heterocycles. The van der Waals surface area contributed by atoms with E-state index in [0.717, 1.165) is 6.54 Å². The van der Waals surface area contributed by atoms with Crippen molar-refractivity contribution in [2.45, 2.75) is 6.42 Å². The third kappa shape index (κ3) is 5.26. The Kier molecular flexibility index (Phi) is 4.51. The van der Waals surface area contributed by atoms with Gasteiger partial charge in [0, 0.05) is 13.0 Å². The van der Waals surface area contributed by atoms with Gasteiger partial charge in [-0.05, 0) is 14.1 Å². The number of hydrogen-bond donors (Lipinski definition) is 0. The van der Waals surface area contributed by atoms with Crippen LogP contribution in [0.15, 0.2) is 0 Å². The summed E-state index contributed by atoms with van der Waals surface area (Å²) in [6, 6.07) is 0. The lowest BCUT2D eigenvalue weighted by Crippen LogP contribution is -2.17. The molecule has 0 bridgehead atoms. The summed E-state index contributed by atoms with van der Waals surface area (Å²) in [7, 11) is 3.82. The minimum atomic E-state index is 0.0312. The molecule has 3 heteroatoms. The third-order valence-corrected chi connectivity index (χ3v) is 1.09. The Morgan fingerprint density at radius 3 is 2.60 bits per heavy atom. The van der Waals surface area contributed by atoms with Gasteiger partial charge >= 0.3 is 0 Å². The van der Waals surface area contributed by atoms with Crippen molar-refractivity contribution >= 4 is 5.78 Å². The number of Topliss-reactive ketones (excluding diaryl/α,β-unsaturated/α-hetero) is 1. The molecule has 10 heavy (non-hydrogen) atoms. The minimum absolute atomic E-state index is 0.0312. The summed E-state index contributed by atoms with van der Waals surface area (Å²) in [5, 5.41) is 0. The summed E-state index contributed by atoms with van der Waals surface area (Å²) in [4.78, 5) is 15.6. The van der Waals surface area contributed by atoms with Crippen LogP contribution in [0, 0.1) is 6.57 Å². The lowest BCUT2D eigenvalue weighted by atomic mass is 10.3. The van der Waals surface area contributed by atoms with Crippen LogP contribution in [0.2, 0.25) is 0 Å². The highest BCUT2D eigenvalue weighted by Crippen LogP contribution is 1.86. The fraction of sp³-hybridized carbons (Fsp3) is 0.714. The zero-order valence-corrected chi connectivity index (χ0v) is 6.42. The van der Waals surface area contributed by atoms with Crippen LogP contribution in [0.3, 0.4) is 0 Å². The lowest BCUT2D eigenvalue weighted by molar-refractivity contribution is -0.117. The van der Waals surface area contributed by atoms with E-state index in [4.69, 9.17) is 6.57 Å². The van der Waals surface area contributed by atoms with E-state index in [1.54, 1.807) is 0 Å². The van der Waals surface area contributed by atoms with E-state index in [2.05, 4.69) is 4.85 Å². The number of hydrogen-bond acceptors (Lipinski definition) is 2. The topological polar surface area (TPSA) is 24.7 Å². The Labute approximate surface area is 61.5 Å². The van der Waals surface area contributed by atoms with Crippen molar-refractivity contribution in [3.63, 3.8) is 0 Å². The lowest BCUT2D eigenvalue weighted by Gasteiger charge is -2.05.